The van der Waals surface area contributed by atoms with E-state index in [2.05, 4.69) is 19.7 Å². The largest absolute Gasteiger partial charge is 0.385 e. The number of hydrogen-bond acceptors (Lipinski definition) is 2. The van der Waals surface area contributed by atoms with Crippen molar-refractivity contribution in [1.29, 1.82) is 0 Å². The molecule has 90 valence electrons. The average Bonchev–Trinajstić information content (AvgIpc) is 2.30. The molecule has 1 saturated carbocycles. The summed E-state index contributed by atoms with van der Waals surface area (Å²) in [6, 6.07) is 0. The Balaban J connectivity index is 2.57. The Labute approximate surface area is 98.3 Å². The Kier molecular flexibility index (Phi) is 4.97. The first-order valence-corrected chi connectivity index (χ1v) is 5.86. The molecular formula is C14H22O2. The summed E-state index contributed by atoms with van der Waals surface area (Å²) in [6.07, 6.45) is 7.32. The maximum atomic E-state index is 10.4. The molecule has 2 nitrogen and oxygen atoms in total. The second-order valence-electron chi connectivity index (χ2n) is 4.46. The van der Waals surface area contributed by atoms with Gasteiger partial charge < -0.3 is 9.84 Å². The molecule has 2 atom stereocenters. The van der Waals surface area contributed by atoms with Crippen LogP contribution in [0.15, 0.2) is 37.5 Å². The maximum absolute atomic E-state index is 10.4. The van der Waals surface area contributed by atoms with Gasteiger partial charge >= 0.3 is 0 Å². The molecule has 16 heavy (non-hydrogen) atoms. The molecule has 1 rings (SSSR count). The molecule has 0 unspecified atom stereocenters. The van der Waals surface area contributed by atoms with Gasteiger partial charge in [-0.05, 0) is 18.4 Å². The van der Waals surface area contributed by atoms with E-state index < -0.39 is 5.60 Å². The average molecular weight is 222 g/mol. The van der Waals surface area contributed by atoms with Gasteiger partial charge in [0.15, 0.2) is 0 Å². The van der Waals surface area contributed by atoms with Crippen molar-refractivity contribution in [1.82, 2.24) is 0 Å². The van der Waals surface area contributed by atoms with Crippen LogP contribution in [0.3, 0.4) is 0 Å². The van der Waals surface area contributed by atoms with Crippen molar-refractivity contribution in [2.24, 2.45) is 5.92 Å². The van der Waals surface area contributed by atoms with Gasteiger partial charge in [-0.25, -0.2) is 0 Å². The van der Waals surface area contributed by atoms with E-state index in [0.717, 1.165) is 31.3 Å². The van der Waals surface area contributed by atoms with Crippen molar-refractivity contribution in [3.8, 4) is 0 Å². The highest BCUT2D eigenvalue weighted by Crippen LogP contribution is 2.38. The van der Waals surface area contributed by atoms with Gasteiger partial charge in [0.25, 0.3) is 0 Å². The predicted molar refractivity (Wildman–Crippen MR) is 67.3 cm³/mol. The Hall–Kier alpha value is -0.860. The smallest absolute Gasteiger partial charge is 0.0890 e. The molecular weight excluding hydrogens is 200 g/mol. The first-order chi connectivity index (χ1) is 7.64. The highest BCUT2D eigenvalue weighted by atomic mass is 16.5. The molecule has 0 saturated heterocycles. The molecule has 0 spiro atoms. The minimum atomic E-state index is -0.785. The van der Waals surface area contributed by atoms with E-state index in [0.29, 0.717) is 13.2 Å². The summed E-state index contributed by atoms with van der Waals surface area (Å²) in [4.78, 5) is 0. The van der Waals surface area contributed by atoms with Crippen molar-refractivity contribution >= 4 is 0 Å². The van der Waals surface area contributed by atoms with Crippen LogP contribution in [-0.2, 0) is 4.74 Å². The van der Waals surface area contributed by atoms with Crippen LogP contribution in [0.1, 0.15) is 25.7 Å². The fraction of sp³-hybridized carbons (Fsp3) is 0.571. The van der Waals surface area contributed by atoms with Crippen molar-refractivity contribution in [3.05, 3.63) is 37.5 Å². The third kappa shape index (κ3) is 3.06. The molecule has 1 aliphatic carbocycles. The van der Waals surface area contributed by atoms with Gasteiger partial charge in [0, 0.05) is 5.92 Å². The molecule has 0 aliphatic heterocycles. The van der Waals surface area contributed by atoms with Gasteiger partial charge in [-0.3, -0.25) is 0 Å². The third-order valence-electron chi connectivity index (χ3n) is 3.29. The summed E-state index contributed by atoms with van der Waals surface area (Å²) < 4.78 is 5.37. The lowest BCUT2D eigenvalue weighted by atomic mass is 9.72. The van der Waals surface area contributed by atoms with Gasteiger partial charge in [0.1, 0.15) is 0 Å². The van der Waals surface area contributed by atoms with Gasteiger partial charge in [-0.2, -0.15) is 0 Å². The monoisotopic (exact) mass is 222 g/mol. The summed E-state index contributed by atoms with van der Waals surface area (Å²) in [7, 11) is 0. The van der Waals surface area contributed by atoms with E-state index >= 15 is 0 Å². The van der Waals surface area contributed by atoms with Gasteiger partial charge in [-0.15, -0.1) is 13.2 Å². The Morgan fingerprint density at radius 1 is 1.44 bits per heavy atom. The maximum Gasteiger partial charge on any atom is 0.0890 e. The van der Waals surface area contributed by atoms with Crippen molar-refractivity contribution in [3.63, 3.8) is 0 Å². The number of hydrogen-bond donors (Lipinski definition) is 1. The van der Waals surface area contributed by atoms with E-state index in [-0.39, 0.29) is 5.92 Å². The molecule has 1 N–H and O–H groups in total. The van der Waals surface area contributed by atoms with Crippen molar-refractivity contribution in [2.45, 2.75) is 31.3 Å². The molecule has 0 amide bonds. The van der Waals surface area contributed by atoms with Crippen LogP contribution < -0.4 is 0 Å². The zero-order valence-electron chi connectivity index (χ0n) is 9.95. The lowest BCUT2D eigenvalue weighted by Gasteiger charge is -2.38. The lowest BCUT2D eigenvalue weighted by molar-refractivity contribution is 0.00526. The van der Waals surface area contributed by atoms with Gasteiger partial charge in [-0.1, -0.05) is 31.6 Å². The minimum Gasteiger partial charge on any atom is -0.385 e. The van der Waals surface area contributed by atoms with Gasteiger partial charge in [0.2, 0.25) is 0 Å². The topological polar surface area (TPSA) is 29.5 Å². The first-order valence-electron chi connectivity index (χ1n) is 5.86. The molecule has 2 heteroatoms. The SMILES string of the molecule is C=CCOCC(=C)[C@H]1CCCC[C@]1(O)C=C. The summed E-state index contributed by atoms with van der Waals surface area (Å²) in [6.45, 7) is 12.4. The van der Waals surface area contributed by atoms with Crippen LogP contribution >= 0.6 is 0 Å². The van der Waals surface area contributed by atoms with E-state index in [1.807, 2.05) is 0 Å². The number of rotatable bonds is 6. The number of ether oxygens (including phenoxy) is 1. The van der Waals surface area contributed by atoms with E-state index in [4.69, 9.17) is 4.74 Å². The minimum absolute atomic E-state index is 0.0866. The Morgan fingerprint density at radius 3 is 2.81 bits per heavy atom. The molecule has 0 aromatic rings. The molecule has 1 fully saturated rings. The Bertz CT molecular complexity index is 270. The summed E-state index contributed by atoms with van der Waals surface area (Å²) in [5.41, 5.74) is 0.177. The van der Waals surface area contributed by atoms with E-state index in [9.17, 15) is 5.11 Å². The fourth-order valence-corrected chi connectivity index (χ4v) is 2.36. The highest BCUT2D eigenvalue weighted by Gasteiger charge is 2.37. The molecule has 0 radical (unpaired) electrons. The van der Waals surface area contributed by atoms with Crippen LogP contribution in [0.25, 0.3) is 0 Å². The quantitative estimate of drug-likeness (QED) is 0.553. The summed E-state index contributed by atoms with van der Waals surface area (Å²) >= 11 is 0. The van der Waals surface area contributed by atoms with Gasteiger partial charge in [0.05, 0.1) is 18.8 Å². The predicted octanol–water partition coefficient (Wildman–Crippen LogP) is 2.85. The van der Waals surface area contributed by atoms with Crippen LogP contribution in [-0.4, -0.2) is 23.9 Å². The molecule has 1 aliphatic rings. The zero-order chi connectivity index (χ0) is 12.0. The first kappa shape index (κ1) is 13.2. The highest BCUT2D eigenvalue weighted by molar-refractivity contribution is 5.16. The van der Waals surface area contributed by atoms with Crippen LogP contribution in [0, 0.1) is 5.92 Å². The molecule has 0 bridgehead atoms. The van der Waals surface area contributed by atoms with Crippen molar-refractivity contribution < 1.29 is 9.84 Å². The fourth-order valence-electron chi connectivity index (χ4n) is 2.36. The zero-order valence-corrected chi connectivity index (χ0v) is 9.95. The second kappa shape index (κ2) is 6.02. The van der Waals surface area contributed by atoms with Crippen LogP contribution in [0.4, 0.5) is 0 Å². The Morgan fingerprint density at radius 2 is 2.19 bits per heavy atom. The number of aliphatic hydroxyl groups is 1. The second-order valence-corrected chi connectivity index (χ2v) is 4.46. The molecule has 0 heterocycles. The summed E-state index contributed by atoms with van der Waals surface area (Å²) in [5.74, 6) is 0.0866. The lowest BCUT2D eigenvalue weighted by Crippen LogP contribution is -2.40. The van der Waals surface area contributed by atoms with Crippen LogP contribution in [0.5, 0.6) is 0 Å². The standard InChI is InChI=1S/C14H22O2/c1-4-10-16-11-12(3)13-8-6-7-9-14(13,15)5-2/h4-5,13,15H,1-3,6-11H2/t13-,14-/m1/s1. The van der Waals surface area contributed by atoms with Crippen LogP contribution in [0.2, 0.25) is 0 Å². The van der Waals surface area contributed by atoms with E-state index in [1.54, 1.807) is 12.2 Å². The van der Waals surface area contributed by atoms with E-state index in [1.165, 1.54) is 0 Å². The normalized spacial score (nSPS) is 29.7. The molecule has 0 aromatic carbocycles. The third-order valence-corrected chi connectivity index (χ3v) is 3.29. The molecule has 0 aromatic heterocycles. The summed E-state index contributed by atoms with van der Waals surface area (Å²) in [5, 5.41) is 10.4. The van der Waals surface area contributed by atoms with Crippen molar-refractivity contribution in [2.75, 3.05) is 13.2 Å².